The van der Waals surface area contributed by atoms with Gasteiger partial charge in [0, 0.05) is 36.4 Å². The number of aliphatic hydroxyl groups is 1. The van der Waals surface area contributed by atoms with Crippen molar-refractivity contribution in [3.63, 3.8) is 0 Å². The molecule has 1 aliphatic heterocycles. The molecule has 1 saturated heterocycles. The molecule has 10 heteroatoms. The Kier molecular flexibility index (Phi) is 8.10. The summed E-state index contributed by atoms with van der Waals surface area (Å²) in [5.41, 5.74) is 3.07. The third-order valence-corrected chi connectivity index (χ3v) is 7.84. The third-order valence-electron chi connectivity index (χ3n) is 7.84. The van der Waals surface area contributed by atoms with E-state index in [9.17, 15) is 9.50 Å². The number of aryl methyl sites for hydroxylation is 1. The smallest absolute Gasteiger partial charge is 0.214 e. The molecular weight excluding hydrogens is 566 g/mol. The van der Waals surface area contributed by atoms with Crippen LogP contribution in [0.5, 0.6) is 5.88 Å². The predicted molar refractivity (Wildman–Crippen MR) is 159 cm³/mol. The first-order chi connectivity index (χ1) is 21.3. The number of benzene rings is 3. The number of nitriles is 1. The first-order valence-corrected chi connectivity index (χ1v) is 14.1. The minimum atomic E-state index is -1.35. The van der Waals surface area contributed by atoms with Gasteiger partial charge in [-0.25, -0.2) is 18.7 Å². The fourth-order valence-electron chi connectivity index (χ4n) is 5.50. The normalized spacial score (nSPS) is 14.6. The van der Waals surface area contributed by atoms with Gasteiger partial charge in [0.15, 0.2) is 0 Å². The maximum atomic E-state index is 16.1. The number of methoxy groups -OCH3 is 1. The number of halogens is 2. The van der Waals surface area contributed by atoms with Gasteiger partial charge in [-0.3, -0.25) is 0 Å². The lowest BCUT2D eigenvalue weighted by Gasteiger charge is -2.42. The van der Waals surface area contributed by atoms with Crippen LogP contribution in [0.25, 0.3) is 22.3 Å². The summed E-state index contributed by atoms with van der Waals surface area (Å²) in [5, 5.41) is 20.6. The molecule has 1 N–H and O–H groups in total. The fourth-order valence-corrected chi connectivity index (χ4v) is 5.50. The van der Waals surface area contributed by atoms with Crippen LogP contribution in [0.15, 0.2) is 72.8 Å². The van der Waals surface area contributed by atoms with Crippen molar-refractivity contribution in [2.45, 2.75) is 31.6 Å². The molecule has 44 heavy (non-hydrogen) atoms. The molecule has 0 amide bonds. The number of imidazole rings is 1. The molecule has 1 unspecified atom stereocenters. The van der Waals surface area contributed by atoms with Crippen molar-refractivity contribution in [2.24, 2.45) is 0 Å². The van der Waals surface area contributed by atoms with Crippen LogP contribution >= 0.6 is 0 Å². The lowest BCUT2D eigenvalue weighted by atomic mass is 9.79. The highest BCUT2D eigenvalue weighted by molar-refractivity contribution is 5.77. The highest BCUT2D eigenvalue weighted by Crippen LogP contribution is 2.42. The van der Waals surface area contributed by atoms with Gasteiger partial charge < -0.3 is 23.9 Å². The Morgan fingerprint density at radius 1 is 1.05 bits per heavy atom. The molecule has 224 valence electrons. The first kappa shape index (κ1) is 29.4. The topological polar surface area (TPSA) is 102 Å². The number of fused-ring (bicyclic) bond motifs is 1. The Morgan fingerprint density at radius 3 is 2.59 bits per heavy atom. The lowest BCUT2D eigenvalue weighted by Crippen LogP contribution is -2.55. The van der Waals surface area contributed by atoms with E-state index in [0.29, 0.717) is 30.2 Å². The molecule has 3 heterocycles. The van der Waals surface area contributed by atoms with E-state index in [2.05, 4.69) is 4.98 Å². The average molecular weight is 597 g/mol. The van der Waals surface area contributed by atoms with Gasteiger partial charge in [-0.05, 0) is 48.9 Å². The number of hydrogen-bond acceptors (Lipinski definition) is 7. The Balaban J connectivity index is 1.33. The molecule has 1 aliphatic rings. The van der Waals surface area contributed by atoms with Crippen molar-refractivity contribution in [1.29, 1.82) is 5.26 Å². The number of aromatic nitrogens is 3. The molecule has 0 saturated carbocycles. The van der Waals surface area contributed by atoms with Gasteiger partial charge in [-0.2, -0.15) is 5.26 Å². The summed E-state index contributed by atoms with van der Waals surface area (Å²) in [4.78, 5) is 9.37. The van der Waals surface area contributed by atoms with Crippen molar-refractivity contribution in [1.82, 2.24) is 14.5 Å². The molecule has 1 atom stereocenters. The molecule has 3 aromatic carbocycles. The Labute approximate surface area is 253 Å². The van der Waals surface area contributed by atoms with Gasteiger partial charge >= 0.3 is 0 Å². The second kappa shape index (κ2) is 12.1. The van der Waals surface area contributed by atoms with Crippen LogP contribution in [0.4, 0.5) is 8.78 Å². The average Bonchev–Trinajstić information content (AvgIpc) is 3.36. The van der Waals surface area contributed by atoms with E-state index < -0.39 is 23.2 Å². The summed E-state index contributed by atoms with van der Waals surface area (Å²) in [6.07, 6.45) is 0. The molecule has 0 radical (unpaired) electrons. The van der Waals surface area contributed by atoms with Gasteiger partial charge in [0.2, 0.25) is 5.88 Å². The molecule has 8 nitrogen and oxygen atoms in total. The van der Waals surface area contributed by atoms with E-state index in [1.807, 2.05) is 35.8 Å². The second-order valence-corrected chi connectivity index (χ2v) is 10.9. The summed E-state index contributed by atoms with van der Waals surface area (Å²) < 4.78 is 48.9. The van der Waals surface area contributed by atoms with E-state index >= 15 is 4.39 Å². The van der Waals surface area contributed by atoms with Crippen LogP contribution in [0.1, 0.15) is 34.0 Å². The zero-order valence-corrected chi connectivity index (χ0v) is 24.3. The number of nitrogens with zero attached hydrogens (tertiary/aromatic N) is 4. The quantitative estimate of drug-likeness (QED) is 0.222. The van der Waals surface area contributed by atoms with Crippen molar-refractivity contribution in [2.75, 3.05) is 26.9 Å². The Morgan fingerprint density at radius 2 is 1.89 bits per heavy atom. The van der Waals surface area contributed by atoms with E-state index in [1.54, 1.807) is 37.4 Å². The summed E-state index contributed by atoms with van der Waals surface area (Å²) in [7, 11) is 1.62. The largest absolute Gasteiger partial charge is 0.473 e. The summed E-state index contributed by atoms with van der Waals surface area (Å²) in [5.74, 6) is -1.11. The SMILES string of the molecule is COCCn1c(C(c2ccc(-c3cccc(OCc4ccc(C#N)cc4F)n3)cc2F)C2(O)COC2)nc2ccc(C)cc21. The minimum absolute atomic E-state index is 0.0478. The van der Waals surface area contributed by atoms with Crippen molar-refractivity contribution >= 4 is 11.0 Å². The molecule has 0 bridgehead atoms. The van der Waals surface area contributed by atoms with E-state index in [0.717, 1.165) is 22.7 Å². The molecule has 1 fully saturated rings. The van der Waals surface area contributed by atoms with E-state index in [1.165, 1.54) is 18.2 Å². The van der Waals surface area contributed by atoms with Gasteiger partial charge in [0.1, 0.15) is 29.7 Å². The summed E-state index contributed by atoms with van der Waals surface area (Å²) in [6.45, 7) is 2.89. The van der Waals surface area contributed by atoms with E-state index in [4.69, 9.17) is 24.5 Å². The maximum absolute atomic E-state index is 16.1. The van der Waals surface area contributed by atoms with Crippen LogP contribution in [-0.2, 0) is 22.6 Å². The number of hydrogen-bond donors (Lipinski definition) is 1. The molecule has 5 aromatic rings. The van der Waals surface area contributed by atoms with E-state index in [-0.39, 0.29) is 42.4 Å². The van der Waals surface area contributed by atoms with Crippen LogP contribution in [0.3, 0.4) is 0 Å². The van der Waals surface area contributed by atoms with Crippen LogP contribution in [-0.4, -0.2) is 52.2 Å². The summed E-state index contributed by atoms with van der Waals surface area (Å²) in [6, 6.07) is 21.8. The monoisotopic (exact) mass is 596 g/mol. The third kappa shape index (κ3) is 5.65. The molecule has 2 aromatic heterocycles. The molecule has 6 rings (SSSR count). The van der Waals surface area contributed by atoms with Gasteiger partial charge in [0.05, 0.1) is 54.1 Å². The number of ether oxygens (including phenoxy) is 3. The number of rotatable bonds is 10. The second-order valence-electron chi connectivity index (χ2n) is 10.9. The number of pyridine rings is 1. The van der Waals surface area contributed by atoms with Crippen molar-refractivity contribution < 1.29 is 28.1 Å². The highest BCUT2D eigenvalue weighted by Gasteiger charge is 2.48. The van der Waals surface area contributed by atoms with Crippen LogP contribution in [0, 0.1) is 29.9 Å². The standard InChI is InChI=1S/C34H30F2N4O4/c1-21-6-11-29-30(14-21)40(12-13-42-2)33(39-29)32(34(41)19-43-20-34)25-10-9-23(16-27(25)36)28-4-3-5-31(38-28)44-18-24-8-7-22(17-37)15-26(24)35/h3-11,14-16,32,41H,12-13,18-20H2,1-2H3. The van der Waals surface area contributed by atoms with Crippen LogP contribution < -0.4 is 4.74 Å². The maximum Gasteiger partial charge on any atom is 0.214 e. The van der Waals surface area contributed by atoms with Gasteiger partial charge in [0.25, 0.3) is 0 Å². The van der Waals surface area contributed by atoms with Crippen molar-refractivity contribution in [3.8, 4) is 23.2 Å². The fraction of sp³-hybridized carbons (Fsp3) is 0.265. The van der Waals surface area contributed by atoms with Gasteiger partial charge in [-0.15, -0.1) is 0 Å². The van der Waals surface area contributed by atoms with Crippen LogP contribution in [0.2, 0.25) is 0 Å². The van der Waals surface area contributed by atoms with Gasteiger partial charge in [-0.1, -0.05) is 30.3 Å². The van der Waals surface area contributed by atoms with Crippen molar-refractivity contribution in [3.05, 3.63) is 113 Å². The lowest BCUT2D eigenvalue weighted by molar-refractivity contribution is -0.187. The molecule has 0 aliphatic carbocycles. The minimum Gasteiger partial charge on any atom is -0.473 e. The molecular formula is C34H30F2N4O4. The zero-order chi connectivity index (χ0) is 30.8. The first-order valence-electron chi connectivity index (χ1n) is 14.1. The Hall–Kier alpha value is -4.69. The zero-order valence-electron chi connectivity index (χ0n) is 24.3. The highest BCUT2D eigenvalue weighted by atomic mass is 19.1. The molecule has 0 spiro atoms. The predicted octanol–water partition coefficient (Wildman–Crippen LogP) is 5.68. The Bertz CT molecular complexity index is 1880. The summed E-state index contributed by atoms with van der Waals surface area (Å²) >= 11 is 0.